The minimum atomic E-state index is -0.207. The summed E-state index contributed by atoms with van der Waals surface area (Å²) < 4.78 is 11.5. The van der Waals surface area contributed by atoms with E-state index in [1.54, 1.807) is 41.3 Å². The standard InChI is InChI=1S/C23H18Cl2N2O3S/c1-14(15-6-3-2-4-7-15)27-22(28)19(26-23(27)31)12-16-10-11-17(30-16)13-29-20-9-5-8-18(24)21(20)25/h2-12,14H,13H2,1H3,(H,26,31)/b19-12-. The van der Waals surface area contributed by atoms with E-state index in [0.717, 1.165) is 5.56 Å². The first-order chi connectivity index (χ1) is 14.9. The number of rotatable bonds is 6. The maximum absolute atomic E-state index is 12.9. The number of thiocarbonyl (C=S) groups is 1. The largest absolute Gasteiger partial charge is 0.484 e. The monoisotopic (exact) mass is 472 g/mol. The molecule has 2 heterocycles. The van der Waals surface area contributed by atoms with Gasteiger partial charge in [-0.1, -0.05) is 59.6 Å². The van der Waals surface area contributed by atoms with Crippen LogP contribution in [-0.2, 0) is 11.4 Å². The lowest BCUT2D eigenvalue weighted by molar-refractivity contribution is -0.123. The van der Waals surface area contributed by atoms with Gasteiger partial charge < -0.3 is 14.5 Å². The van der Waals surface area contributed by atoms with Crippen molar-refractivity contribution in [1.82, 2.24) is 10.2 Å². The second-order valence-corrected chi connectivity index (χ2v) is 8.07. The van der Waals surface area contributed by atoms with Crippen molar-refractivity contribution in [2.45, 2.75) is 19.6 Å². The molecule has 3 aromatic rings. The van der Waals surface area contributed by atoms with Crippen LogP contribution in [0.25, 0.3) is 6.08 Å². The zero-order valence-electron chi connectivity index (χ0n) is 16.5. The van der Waals surface area contributed by atoms with Gasteiger partial charge >= 0.3 is 0 Å². The number of hydrogen-bond acceptors (Lipinski definition) is 4. The van der Waals surface area contributed by atoms with Crippen LogP contribution in [0.3, 0.4) is 0 Å². The van der Waals surface area contributed by atoms with Crippen LogP contribution in [0.5, 0.6) is 5.75 Å². The number of carbonyl (C=O) groups excluding carboxylic acids is 1. The lowest BCUT2D eigenvalue weighted by Crippen LogP contribution is -2.33. The van der Waals surface area contributed by atoms with E-state index < -0.39 is 0 Å². The summed E-state index contributed by atoms with van der Waals surface area (Å²) in [5.41, 5.74) is 1.35. The molecule has 0 spiro atoms. The summed E-state index contributed by atoms with van der Waals surface area (Å²) in [6, 6.07) is 18.2. The van der Waals surface area contributed by atoms with Gasteiger partial charge in [-0.15, -0.1) is 0 Å². The fraction of sp³-hybridized carbons (Fsp3) is 0.130. The third-order valence-electron chi connectivity index (χ3n) is 4.83. The molecule has 31 heavy (non-hydrogen) atoms. The van der Waals surface area contributed by atoms with E-state index in [0.29, 0.717) is 38.1 Å². The highest BCUT2D eigenvalue weighted by atomic mass is 35.5. The van der Waals surface area contributed by atoms with Gasteiger partial charge in [0.2, 0.25) is 0 Å². The van der Waals surface area contributed by atoms with Gasteiger partial charge in [0.15, 0.2) is 5.11 Å². The fourth-order valence-corrected chi connectivity index (χ4v) is 3.91. The van der Waals surface area contributed by atoms with Crippen molar-refractivity contribution in [1.29, 1.82) is 0 Å². The number of benzene rings is 2. The predicted molar refractivity (Wildman–Crippen MR) is 125 cm³/mol. The Kier molecular flexibility index (Phi) is 6.32. The quantitative estimate of drug-likeness (QED) is 0.353. The Morgan fingerprint density at radius 3 is 2.68 bits per heavy atom. The number of halogens is 2. The molecule has 0 radical (unpaired) electrons. The molecule has 0 bridgehead atoms. The number of ether oxygens (including phenoxy) is 1. The smallest absolute Gasteiger partial charge is 0.277 e. The van der Waals surface area contributed by atoms with Crippen LogP contribution in [0.2, 0.25) is 10.0 Å². The van der Waals surface area contributed by atoms with Gasteiger partial charge in [0.25, 0.3) is 5.91 Å². The first-order valence-corrected chi connectivity index (χ1v) is 10.7. The van der Waals surface area contributed by atoms with Gasteiger partial charge in [0.1, 0.15) is 34.6 Å². The van der Waals surface area contributed by atoms with Crippen molar-refractivity contribution < 1.29 is 13.9 Å². The highest BCUT2D eigenvalue weighted by Gasteiger charge is 2.35. The van der Waals surface area contributed by atoms with Crippen LogP contribution in [0.4, 0.5) is 0 Å². The van der Waals surface area contributed by atoms with Crippen LogP contribution in [-0.4, -0.2) is 15.9 Å². The molecule has 5 nitrogen and oxygen atoms in total. The molecule has 1 aromatic heterocycles. The molecule has 0 saturated carbocycles. The van der Waals surface area contributed by atoms with Gasteiger partial charge in [-0.3, -0.25) is 9.69 Å². The van der Waals surface area contributed by atoms with E-state index in [1.807, 2.05) is 37.3 Å². The third-order valence-corrected chi connectivity index (χ3v) is 5.93. The minimum Gasteiger partial charge on any atom is -0.484 e. The van der Waals surface area contributed by atoms with Crippen molar-refractivity contribution in [3.63, 3.8) is 0 Å². The summed E-state index contributed by atoms with van der Waals surface area (Å²) in [4.78, 5) is 14.5. The Labute approximate surface area is 195 Å². The van der Waals surface area contributed by atoms with E-state index in [9.17, 15) is 4.79 Å². The molecule has 2 aromatic carbocycles. The minimum absolute atomic E-state index is 0.167. The van der Waals surface area contributed by atoms with E-state index in [-0.39, 0.29) is 18.6 Å². The van der Waals surface area contributed by atoms with Crippen molar-refractivity contribution >= 4 is 52.5 Å². The highest BCUT2D eigenvalue weighted by Crippen LogP contribution is 2.32. The first kappa shape index (κ1) is 21.4. The number of hydrogen-bond donors (Lipinski definition) is 1. The number of furan rings is 1. The Bertz CT molecular complexity index is 1160. The second-order valence-electron chi connectivity index (χ2n) is 6.89. The topological polar surface area (TPSA) is 54.7 Å². The van der Waals surface area contributed by atoms with Crippen LogP contribution >= 0.6 is 35.4 Å². The van der Waals surface area contributed by atoms with E-state index >= 15 is 0 Å². The molecule has 1 unspecified atom stereocenters. The first-order valence-electron chi connectivity index (χ1n) is 9.50. The SMILES string of the molecule is CC(c1ccccc1)N1C(=O)/C(=C/c2ccc(COc3cccc(Cl)c3Cl)o2)NC1=S. The van der Waals surface area contributed by atoms with Crippen molar-refractivity contribution in [3.8, 4) is 5.75 Å². The summed E-state index contributed by atoms with van der Waals surface area (Å²) in [6.45, 7) is 2.10. The third kappa shape index (κ3) is 4.61. The number of nitrogens with one attached hydrogen (secondary N) is 1. The summed E-state index contributed by atoms with van der Waals surface area (Å²) in [5.74, 6) is 1.34. The van der Waals surface area contributed by atoms with Crippen LogP contribution in [0.1, 0.15) is 30.0 Å². The average Bonchev–Trinajstić information content (AvgIpc) is 3.33. The molecular weight excluding hydrogens is 455 g/mol. The summed E-state index contributed by atoms with van der Waals surface area (Å²) in [5, 5.41) is 4.10. The maximum Gasteiger partial charge on any atom is 0.277 e. The number of amides is 1. The van der Waals surface area contributed by atoms with E-state index in [2.05, 4.69) is 5.32 Å². The molecular formula is C23H18Cl2N2O3S. The Hall–Kier alpha value is -2.80. The molecule has 1 fully saturated rings. The van der Waals surface area contributed by atoms with Crippen LogP contribution in [0.15, 0.2) is 70.8 Å². The fourth-order valence-electron chi connectivity index (χ4n) is 3.22. The Balaban J connectivity index is 1.46. The average molecular weight is 473 g/mol. The molecule has 0 aliphatic carbocycles. The van der Waals surface area contributed by atoms with E-state index in [1.165, 1.54) is 0 Å². The van der Waals surface area contributed by atoms with Gasteiger partial charge in [-0.05, 0) is 49.0 Å². The summed E-state index contributed by atoms with van der Waals surface area (Å²) in [7, 11) is 0. The van der Waals surface area contributed by atoms with Crippen molar-refractivity contribution in [3.05, 3.63) is 93.5 Å². The molecule has 1 aliphatic heterocycles. The zero-order chi connectivity index (χ0) is 22.0. The number of carbonyl (C=O) groups is 1. The normalized spacial score (nSPS) is 16.0. The van der Waals surface area contributed by atoms with Gasteiger partial charge in [-0.2, -0.15) is 0 Å². The zero-order valence-corrected chi connectivity index (χ0v) is 18.8. The van der Waals surface area contributed by atoms with Crippen molar-refractivity contribution in [2.75, 3.05) is 0 Å². The summed E-state index contributed by atoms with van der Waals surface area (Å²) >= 11 is 17.5. The molecule has 1 atom stereocenters. The molecule has 1 N–H and O–H groups in total. The molecule has 8 heteroatoms. The Morgan fingerprint density at radius 1 is 1.13 bits per heavy atom. The van der Waals surface area contributed by atoms with E-state index in [4.69, 9.17) is 44.6 Å². The molecule has 1 saturated heterocycles. The van der Waals surface area contributed by atoms with Gasteiger partial charge in [-0.25, -0.2) is 0 Å². The molecule has 158 valence electrons. The lowest BCUT2D eigenvalue weighted by Gasteiger charge is -2.23. The maximum atomic E-state index is 12.9. The Morgan fingerprint density at radius 2 is 1.90 bits per heavy atom. The lowest BCUT2D eigenvalue weighted by atomic mass is 10.1. The molecule has 4 rings (SSSR count). The van der Waals surface area contributed by atoms with Gasteiger partial charge in [0, 0.05) is 6.08 Å². The summed E-state index contributed by atoms with van der Waals surface area (Å²) in [6.07, 6.45) is 1.63. The highest BCUT2D eigenvalue weighted by molar-refractivity contribution is 7.80. The number of nitrogens with zero attached hydrogens (tertiary/aromatic N) is 1. The predicted octanol–water partition coefficient (Wildman–Crippen LogP) is 5.98. The van der Waals surface area contributed by atoms with Gasteiger partial charge in [0.05, 0.1) is 11.1 Å². The molecule has 1 amide bonds. The van der Waals surface area contributed by atoms with Crippen LogP contribution in [0, 0.1) is 0 Å². The van der Waals surface area contributed by atoms with Crippen molar-refractivity contribution in [2.24, 2.45) is 0 Å². The molecule has 1 aliphatic rings. The van der Waals surface area contributed by atoms with Crippen LogP contribution < -0.4 is 10.1 Å². The second kappa shape index (κ2) is 9.14.